The number of halogens is 3. The molecule has 184 valence electrons. The van der Waals surface area contributed by atoms with Crippen LogP contribution in [-0.4, -0.2) is 60.6 Å². The predicted octanol–water partition coefficient (Wildman–Crippen LogP) is 4.56. The van der Waals surface area contributed by atoms with Gasteiger partial charge in [-0.05, 0) is 54.6 Å². The first kappa shape index (κ1) is 24.6. The second-order valence-corrected chi connectivity index (χ2v) is 9.07. The van der Waals surface area contributed by atoms with Gasteiger partial charge < -0.3 is 19.3 Å². The van der Waals surface area contributed by atoms with Crippen molar-refractivity contribution in [3.05, 3.63) is 58.0 Å². The second-order valence-electron chi connectivity index (χ2n) is 8.06. The van der Waals surface area contributed by atoms with Crippen LogP contribution < -0.4 is 9.47 Å². The van der Waals surface area contributed by atoms with Gasteiger partial charge in [0.05, 0.1) is 24.1 Å². The summed E-state index contributed by atoms with van der Waals surface area (Å²) in [6.45, 7) is 2.84. The Labute approximate surface area is 204 Å². The molecular formula is C24H22F3N3O4S. The Balaban J connectivity index is 1.54. The van der Waals surface area contributed by atoms with Gasteiger partial charge in [0.2, 0.25) is 5.91 Å². The molecule has 2 aromatic rings. The lowest BCUT2D eigenvalue weighted by atomic mass is 10.1. The van der Waals surface area contributed by atoms with E-state index in [1.165, 1.54) is 37.1 Å². The summed E-state index contributed by atoms with van der Waals surface area (Å²) >= 11 is 1.17. The highest BCUT2D eigenvalue weighted by Crippen LogP contribution is 2.41. The molecule has 0 bridgehead atoms. The molecule has 11 heteroatoms. The molecule has 2 aromatic carbocycles. The van der Waals surface area contributed by atoms with E-state index in [4.69, 9.17) is 9.47 Å². The van der Waals surface area contributed by atoms with Gasteiger partial charge in [0.25, 0.3) is 5.91 Å². The second kappa shape index (κ2) is 9.65. The molecule has 7 nitrogen and oxygen atoms in total. The number of hydrogen-bond donors (Lipinski definition) is 0. The highest BCUT2D eigenvalue weighted by Gasteiger charge is 2.35. The average Bonchev–Trinajstić information content (AvgIpc) is 3.17. The van der Waals surface area contributed by atoms with Crippen molar-refractivity contribution >= 4 is 34.8 Å². The van der Waals surface area contributed by atoms with Gasteiger partial charge >= 0.3 is 6.18 Å². The van der Waals surface area contributed by atoms with E-state index in [9.17, 15) is 22.8 Å². The predicted molar refractivity (Wildman–Crippen MR) is 126 cm³/mol. The monoisotopic (exact) mass is 505 g/mol. The number of amidine groups is 1. The van der Waals surface area contributed by atoms with Crippen molar-refractivity contribution in [2.24, 2.45) is 4.99 Å². The molecule has 0 radical (unpaired) electrons. The van der Waals surface area contributed by atoms with Gasteiger partial charge in [-0.25, -0.2) is 0 Å². The molecule has 0 spiro atoms. The fourth-order valence-electron chi connectivity index (χ4n) is 3.54. The number of carbonyl (C=O) groups excluding carboxylic acids is 2. The Morgan fingerprint density at radius 1 is 1.06 bits per heavy atom. The van der Waals surface area contributed by atoms with E-state index in [0.717, 1.165) is 6.07 Å². The number of rotatable bonds is 4. The number of aryl methyl sites for hydroxylation is 1. The van der Waals surface area contributed by atoms with Crippen LogP contribution in [0.3, 0.4) is 0 Å². The van der Waals surface area contributed by atoms with E-state index in [0.29, 0.717) is 34.3 Å². The minimum Gasteiger partial charge on any atom is -0.493 e. The number of amides is 2. The summed E-state index contributed by atoms with van der Waals surface area (Å²) in [7, 11) is 3.10. The topological polar surface area (TPSA) is 71.4 Å². The Morgan fingerprint density at radius 2 is 1.80 bits per heavy atom. The number of benzene rings is 2. The molecule has 0 aromatic heterocycles. The van der Waals surface area contributed by atoms with E-state index >= 15 is 0 Å². The van der Waals surface area contributed by atoms with Gasteiger partial charge in [-0.1, -0.05) is 17.7 Å². The van der Waals surface area contributed by atoms with Gasteiger partial charge in [0.1, 0.15) is 5.75 Å². The van der Waals surface area contributed by atoms with Crippen LogP contribution in [0.25, 0.3) is 6.08 Å². The standard InChI is InChI=1S/C24H22F3N3O4S/c1-14-4-6-17(16(10-14)24(25,26)27)34-18-7-5-15(11-19(18)33-3)12-20-22(32)28-23(35-20)30-9-8-29(2)21(31)13-30/h4-7,10-12H,8-9,13H2,1-3H3/b20-12-. The van der Waals surface area contributed by atoms with Crippen molar-refractivity contribution in [1.82, 2.24) is 9.80 Å². The molecule has 2 amide bonds. The molecule has 35 heavy (non-hydrogen) atoms. The van der Waals surface area contributed by atoms with E-state index in [2.05, 4.69) is 4.99 Å². The van der Waals surface area contributed by atoms with Gasteiger partial charge in [-0.2, -0.15) is 18.2 Å². The zero-order valence-electron chi connectivity index (χ0n) is 19.2. The normalized spacial score (nSPS) is 17.8. The maximum absolute atomic E-state index is 13.5. The molecule has 1 fully saturated rings. The molecule has 0 saturated carbocycles. The quantitative estimate of drug-likeness (QED) is 0.568. The molecule has 0 atom stereocenters. The number of piperazine rings is 1. The minimum absolute atomic E-state index is 0.0491. The van der Waals surface area contributed by atoms with Gasteiger partial charge in [0, 0.05) is 20.1 Å². The molecule has 1 saturated heterocycles. The zero-order chi connectivity index (χ0) is 25.3. The largest absolute Gasteiger partial charge is 0.493 e. The van der Waals surface area contributed by atoms with Crippen LogP contribution in [-0.2, 0) is 15.8 Å². The van der Waals surface area contributed by atoms with Crippen molar-refractivity contribution < 1.29 is 32.2 Å². The van der Waals surface area contributed by atoms with Crippen LogP contribution in [0, 0.1) is 6.92 Å². The zero-order valence-corrected chi connectivity index (χ0v) is 20.0. The highest BCUT2D eigenvalue weighted by molar-refractivity contribution is 8.18. The number of likely N-dealkylation sites (N-methyl/N-ethyl adjacent to an activating group) is 1. The van der Waals surface area contributed by atoms with Crippen molar-refractivity contribution in [2.75, 3.05) is 33.8 Å². The SMILES string of the molecule is COc1cc(/C=C2\SC(N3CCN(C)C(=O)C3)=NC2=O)ccc1Oc1ccc(C)cc1C(F)(F)F. The number of ether oxygens (including phenoxy) is 2. The first-order valence-corrected chi connectivity index (χ1v) is 11.4. The number of carbonyl (C=O) groups is 2. The molecule has 2 aliphatic rings. The van der Waals surface area contributed by atoms with Crippen LogP contribution in [0.5, 0.6) is 17.2 Å². The summed E-state index contributed by atoms with van der Waals surface area (Å²) in [5, 5.41) is 0.466. The van der Waals surface area contributed by atoms with Crippen LogP contribution in [0.1, 0.15) is 16.7 Å². The fourth-order valence-corrected chi connectivity index (χ4v) is 4.48. The lowest BCUT2D eigenvalue weighted by Gasteiger charge is -2.32. The van der Waals surface area contributed by atoms with E-state index in [1.807, 2.05) is 0 Å². The Hall–Kier alpha value is -3.47. The molecule has 0 aliphatic carbocycles. The smallest absolute Gasteiger partial charge is 0.419 e. The molecule has 2 aliphatic heterocycles. The first-order chi connectivity index (χ1) is 16.5. The lowest BCUT2D eigenvalue weighted by molar-refractivity contribution is -0.138. The Bertz CT molecular complexity index is 1240. The molecule has 2 heterocycles. The molecule has 0 N–H and O–H groups in total. The van der Waals surface area contributed by atoms with Crippen LogP contribution in [0.15, 0.2) is 46.3 Å². The van der Waals surface area contributed by atoms with Crippen LogP contribution in [0.4, 0.5) is 13.2 Å². The number of thioether (sulfide) groups is 1. The Kier molecular flexibility index (Phi) is 6.79. The van der Waals surface area contributed by atoms with Gasteiger partial charge in [-0.15, -0.1) is 0 Å². The van der Waals surface area contributed by atoms with Gasteiger partial charge in [-0.3, -0.25) is 9.59 Å². The maximum Gasteiger partial charge on any atom is 0.419 e. The highest BCUT2D eigenvalue weighted by atomic mass is 32.2. The lowest BCUT2D eigenvalue weighted by Crippen LogP contribution is -2.49. The van der Waals surface area contributed by atoms with E-state index in [-0.39, 0.29) is 29.7 Å². The van der Waals surface area contributed by atoms with E-state index < -0.39 is 17.6 Å². The summed E-state index contributed by atoms with van der Waals surface area (Å²) in [6.07, 6.45) is -2.97. The fraction of sp³-hybridized carbons (Fsp3) is 0.292. The average molecular weight is 506 g/mol. The first-order valence-electron chi connectivity index (χ1n) is 10.6. The third kappa shape index (κ3) is 5.45. The molecule has 4 rings (SSSR count). The van der Waals surface area contributed by atoms with Crippen LogP contribution >= 0.6 is 11.8 Å². The van der Waals surface area contributed by atoms with Crippen molar-refractivity contribution in [2.45, 2.75) is 13.1 Å². The summed E-state index contributed by atoms with van der Waals surface area (Å²) in [4.78, 5) is 32.2. The molecular weight excluding hydrogens is 483 g/mol. The summed E-state index contributed by atoms with van der Waals surface area (Å²) in [5.41, 5.74) is 0.154. The van der Waals surface area contributed by atoms with Crippen molar-refractivity contribution in [3.63, 3.8) is 0 Å². The number of aliphatic imine (C=N–C) groups is 1. The van der Waals surface area contributed by atoms with E-state index in [1.54, 1.807) is 42.0 Å². The number of alkyl halides is 3. The number of nitrogens with zero attached hydrogens (tertiary/aromatic N) is 3. The summed E-state index contributed by atoms with van der Waals surface area (Å²) in [5.74, 6) is -0.512. The molecule has 0 unspecified atom stereocenters. The Morgan fingerprint density at radius 3 is 2.49 bits per heavy atom. The number of methoxy groups -OCH3 is 1. The maximum atomic E-state index is 13.5. The van der Waals surface area contributed by atoms with Crippen LogP contribution in [0.2, 0.25) is 0 Å². The third-order valence-electron chi connectivity index (χ3n) is 5.48. The van der Waals surface area contributed by atoms with Crippen molar-refractivity contribution in [1.29, 1.82) is 0 Å². The summed E-state index contributed by atoms with van der Waals surface area (Å²) in [6, 6.07) is 8.48. The third-order valence-corrected chi connectivity index (χ3v) is 6.53. The summed E-state index contributed by atoms with van der Waals surface area (Å²) < 4.78 is 51.3. The van der Waals surface area contributed by atoms with Gasteiger partial charge in [0.15, 0.2) is 16.7 Å². The van der Waals surface area contributed by atoms with Crippen molar-refractivity contribution in [3.8, 4) is 17.2 Å². The minimum atomic E-state index is -4.58. The number of hydrogen-bond acceptors (Lipinski definition) is 6.